The van der Waals surface area contributed by atoms with E-state index in [4.69, 9.17) is 20.4 Å². The number of aromatic nitrogens is 6. The zero-order chi connectivity index (χ0) is 43.8. The van der Waals surface area contributed by atoms with Crippen molar-refractivity contribution in [2.24, 2.45) is 0 Å². The van der Waals surface area contributed by atoms with Gasteiger partial charge in [0.2, 0.25) is 5.95 Å². The molecule has 2 saturated heterocycles. The van der Waals surface area contributed by atoms with Gasteiger partial charge in [-0.3, -0.25) is 24.4 Å². The third kappa shape index (κ3) is 8.84. The lowest BCUT2D eigenvalue weighted by molar-refractivity contribution is 0.0308. The number of ether oxygens (including phenoxy) is 1. The van der Waals surface area contributed by atoms with Gasteiger partial charge in [0.25, 0.3) is 11.8 Å². The van der Waals surface area contributed by atoms with Crippen molar-refractivity contribution in [3.8, 4) is 22.9 Å². The largest absolute Gasteiger partial charge is 0.508 e. The van der Waals surface area contributed by atoms with Crippen LogP contribution in [0.1, 0.15) is 79.8 Å². The molecule has 2 fully saturated rings. The summed E-state index contributed by atoms with van der Waals surface area (Å²) in [5.41, 5.74) is 13.2. The van der Waals surface area contributed by atoms with Crippen LogP contribution in [0.2, 0.25) is 0 Å². The number of rotatable bonds is 10. The Morgan fingerprint density at radius 2 is 1.62 bits per heavy atom. The second kappa shape index (κ2) is 17.8. The third-order valence-electron chi connectivity index (χ3n) is 12.4. The lowest BCUT2D eigenvalue weighted by Gasteiger charge is -2.40. The number of nitrogen functional groups attached to an aromatic ring is 1. The molecule has 9 rings (SSSR count). The van der Waals surface area contributed by atoms with Crippen molar-refractivity contribution in [2.45, 2.75) is 65.0 Å². The second-order valence-corrected chi connectivity index (χ2v) is 17.0. The molecule has 0 spiro atoms. The van der Waals surface area contributed by atoms with Crippen LogP contribution < -0.4 is 10.6 Å². The molecule has 5 aromatic rings. The summed E-state index contributed by atoms with van der Waals surface area (Å²) in [7, 11) is 0. The molecule has 5 N–H and O–H groups in total. The number of aliphatic hydroxyl groups is 1. The van der Waals surface area contributed by atoms with Crippen LogP contribution in [0.15, 0.2) is 55.1 Å². The number of piperazine rings is 1. The van der Waals surface area contributed by atoms with Crippen LogP contribution in [0.4, 0.5) is 11.8 Å². The Morgan fingerprint density at radius 1 is 0.825 bits per heavy atom. The highest BCUT2D eigenvalue weighted by Crippen LogP contribution is 2.35. The van der Waals surface area contributed by atoms with Gasteiger partial charge in [-0.15, -0.1) is 0 Å². The Hall–Kier alpha value is -6.34. The molecule has 0 saturated carbocycles. The quantitative estimate of drug-likeness (QED) is 0.159. The van der Waals surface area contributed by atoms with E-state index in [0.29, 0.717) is 101 Å². The zero-order valence-corrected chi connectivity index (χ0v) is 35.5. The fourth-order valence-corrected chi connectivity index (χ4v) is 8.95. The molecule has 63 heavy (non-hydrogen) atoms. The van der Waals surface area contributed by atoms with Crippen molar-refractivity contribution in [3.05, 3.63) is 106 Å². The van der Waals surface area contributed by atoms with Gasteiger partial charge in [-0.05, 0) is 40.7 Å². The van der Waals surface area contributed by atoms with Crippen molar-refractivity contribution >= 4 is 23.6 Å². The van der Waals surface area contributed by atoms with Gasteiger partial charge in [-0.25, -0.2) is 24.9 Å². The molecule has 0 bridgehead atoms. The SMILES string of the molecule is CC(C)c1cc(C(=O)N2Cc3ccc(CN4CCN(Cc5cnc(C(=O)N6CCc7c(nc(-c8cnc(N)nc8)nc7N7CCOCC7)C6)cn5)[C@H](CO)C4)cc3C2)c(O)cc1O. The number of aliphatic hydroxyl groups excluding tert-OH is 1. The van der Waals surface area contributed by atoms with E-state index in [1.807, 2.05) is 13.8 Å². The fourth-order valence-electron chi connectivity index (χ4n) is 8.95. The van der Waals surface area contributed by atoms with E-state index in [-0.39, 0.29) is 65.6 Å². The normalized spacial score (nSPS) is 18.2. The standard InChI is InChI=1S/C45H52N12O6/c1-27(2)35-14-36(40(60)15-39(35)59)43(61)57-21-29-4-3-28(13-30(29)22-57)20-53-7-8-55(33(24-53)26-58)23-32-18-48-37(19-47-32)44(62)56-6-5-34-38(25-56)51-41(31-16-49-45(46)50-17-31)52-42(34)54-9-11-63-12-10-54/h3-4,13-19,27,33,58-60H,5-12,20-26H2,1-2H3,(H2,46,49,50)/t33-/m0/s1. The van der Waals surface area contributed by atoms with Gasteiger partial charge < -0.3 is 40.5 Å². The predicted octanol–water partition coefficient (Wildman–Crippen LogP) is 2.71. The molecule has 0 radical (unpaired) electrons. The Bertz CT molecular complexity index is 2500. The van der Waals surface area contributed by atoms with E-state index < -0.39 is 0 Å². The number of anilines is 2. The number of amides is 2. The number of carbonyl (C=O) groups is 2. The summed E-state index contributed by atoms with van der Waals surface area (Å²) >= 11 is 0. The van der Waals surface area contributed by atoms with Crippen molar-refractivity contribution < 1.29 is 29.6 Å². The topological polar surface area (TPSA) is 224 Å². The number of morpholine rings is 1. The Balaban J connectivity index is 0.808. The van der Waals surface area contributed by atoms with E-state index in [1.165, 1.54) is 12.3 Å². The van der Waals surface area contributed by atoms with Crippen LogP contribution in [-0.2, 0) is 43.9 Å². The number of phenols is 2. The van der Waals surface area contributed by atoms with Crippen LogP contribution in [-0.4, -0.2) is 142 Å². The minimum atomic E-state index is -0.275. The maximum atomic E-state index is 13.8. The molecule has 2 aromatic carbocycles. The first-order chi connectivity index (χ1) is 30.5. The highest BCUT2D eigenvalue weighted by Gasteiger charge is 2.32. The summed E-state index contributed by atoms with van der Waals surface area (Å²) in [6.07, 6.45) is 6.98. The number of aromatic hydroxyl groups is 2. The zero-order valence-electron chi connectivity index (χ0n) is 35.5. The highest BCUT2D eigenvalue weighted by atomic mass is 16.5. The van der Waals surface area contributed by atoms with Gasteiger partial charge in [0.15, 0.2) is 5.82 Å². The third-order valence-corrected chi connectivity index (χ3v) is 12.4. The molecular formula is C45H52N12O6. The second-order valence-electron chi connectivity index (χ2n) is 17.0. The predicted molar refractivity (Wildman–Crippen MR) is 231 cm³/mol. The first kappa shape index (κ1) is 42.0. The van der Waals surface area contributed by atoms with Gasteiger partial charge in [0.1, 0.15) is 23.0 Å². The van der Waals surface area contributed by atoms with E-state index in [1.54, 1.807) is 34.5 Å². The molecule has 3 aromatic heterocycles. The first-order valence-electron chi connectivity index (χ1n) is 21.4. The molecule has 4 aliphatic rings. The Kier molecular flexibility index (Phi) is 11.9. The van der Waals surface area contributed by atoms with E-state index in [0.717, 1.165) is 40.3 Å². The number of carbonyl (C=O) groups excluding carboxylic acids is 2. The molecule has 328 valence electrons. The average Bonchev–Trinajstić information content (AvgIpc) is 3.73. The molecule has 4 aliphatic heterocycles. The average molecular weight is 857 g/mol. The van der Waals surface area contributed by atoms with E-state index in [9.17, 15) is 24.9 Å². The Labute approximate surface area is 365 Å². The number of nitrogens with two attached hydrogens (primary N) is 1. The molecule has 18 heteroatoms. The minimum absolute atomic E-state index is 0.00680. The smallest absolute Gasteiger partial charge is 0.274 e. The molecular weight excluding hydrogens is 805 g/mol. The van der Waals surface area contributed by atoms with Gasteiger partial charge in [0, 0.05) is 95.5 Å². The summed E-state index contributed by atoms with van der Waals surface area (Å²) in [5, 5.41) is 31.3. The van der Waals surface area contributed by atoms with Crippen LogP contribution in [0.3, 0.4) is 0 Å². The maximum absolute atomic E-state index is 13.8. The molecule has 7 heterocycles. The number of phenolic OH excluding ortho intramolecular Hbond substituents is 2. The van der Waals surface area contributed by atoms with Gasteiger partial charge in [-0.1, -0.05) is 32.0 Å². The van der Waals surface area contributed by atoms with Crippen LogP contribution >= 0.6 is 0 Å². The maximum Gasteiger partial charge on any atom is 0.274 e. The lowest BCUT2D eigenvalue weighted by Crippen LogP contribution is -2.53. The highest BCUT2D eigenvalue weighted by molar-refractivity contribution is 5.97. The summed E-state index contributed by atoms with van der Waals surface area (Å²) < 4.78 is 5.60. The summed E-state index contributed by atoms with van der Waals surface area (Å²) in [6, 6.07) is 9.02. The fraction of sp³-hybridized carbons (Fsp3) is 0.422. The van der Waals surface area contributed by atoms with Gasteiger partial charge in [0.05, 0.1) is 61.3 Å². The molecule has 2 amide bonds. The summed E-state index contributed by atoms with van der Waals surface area (Å²) in [4.78, 5) is 64.8. The van der Waals surface area contributed by atoms with Crippen molar-refractivity contribution in [1.82, 2.24) is 49.5 Å². The number of fused-ring (bicyclic) bond motifs is 2. The molecule has 0 unspecified atom stereocenters. The molecule has 0 aliphatic carbocycles. The van der Waals surface area contributed by atoms with Crippen molar-refractivity contribution in [1.29, 1.82) is 0 Å². The lowest BCUT2D eigenvalue weighted by atomic mass is 9.98. The Morgan fingerprint density at radius 3 is 2.37 bits per heavy atom. The van der Waals surface area contributed by atoms with Crippen molar-refractivity contribution in [2.75, 3.05) is 69.7 Å². The number of benzene rings is 2. The van der Waals surface area contributed by atoms with E-state index >= 15 is 0 Å². The molecule has 18 nitrogen and oxygen atoms in total. The number of hydrogen-bond donors (Lipinski definition) is 4. The van der Waals surface area contributed by atoms with Gasteiger partial charge in [-0.2, -0.15) is 0 Å². The monoisotopic (exact) mass is 856 g/mol. The number of nitrogens with zero attached hydrogens (tertiary/aromatic N) is 11. The van der Waals surface area contributed by atoms with Crippen LogP contribution in [0, 0.1) is 0 Å². The van der Waals surface area contributed by atoms with Crippen molar-refractivity contribution in [3.63, 3.8) is 0 Å². The summed E-state index contributed by atoms with van der Waals surface area (Å²) in [6.45, 7) is 11.4. The van der Waals surface area contributed by atoms with E-state index in [2.05, 4.69) is 52.8 Å². The van der Waals surface area contributed by atoms with Gasteiger partial charge >= 0.3 is 0 Å². The minimum Gasteiger partial charge on any atom is -0.508 e. The molecule has 1 atom stereocenters. The van der Waals surface area contributed by atoms with Crippen LogP contribution in [0.5, 0.6) is 11.5 Å². The summed E-state index contributed by atoms with van der Waals surface area (Å²) in [5.74, 6) is 0.713. The number of hydrogen-bond acceptors (Lipinski definition) is 16. The van der Waals surface area contributed by atoms with Crippen LogP contribution in [0.25, 0.3) is 11.4 Å². The first-order valence-corrected chi connectivity index (χ1v) is 21.4.